The summed E-state index contributed by atoms with van der Waals surface area (Å²) in [5, 5.41) is 12.1. The second-order valence-corrected chi connectivity index (χ2v) is 6.06. The van der Waals surface area contributed by atoms with Gasteiger partial charge in [-0.25, -0.2) is 0 Å². The van der Waals surface area contributed by atoms with Crippen molar-refractivity contribution in [1.29, 1.82) is 0 Å². The molecular formula is C10H23N3O3S. The number of aliphatic hydroxyl groups is 1. The van der Waals surface area contributed by atoms with Gasteiger partial charge in [0.2, 0.25) is 0 Å². The van der Waals surface area contributed by atoms with Crippen LogP contribution in [0, 0.1) is 0 Å². The van der Waals surface area contributed by atoms with Gasteiger partial charge in [-0.1, -0.05) is 13.3 Å². The summed E-state index contributed by atoms with van der Waals surface area (Å²) in [6, 6.07) is 0. The van der Waals surface area contributed by atoms with E-state index in [1.165, 1.54) is 8.61 Å². The molecule has 0 atom stereocenters. The lowest BCUT2D eigenvalue weighted by Gasteiger charge is -2.32. The van der Waals surface area contributed by atoms with E-state index in [-0.39, 0.29) is 13.2 Å². The first-order valence-electron chi connectivity index (χ1n) is 6.19. The predicted molar refractivity (Wildman–Crippen MR) is 66.9 cm³/mol. The van der Waals surface area contributed by atoms with Crippen LogP contribution in [0.3, 0.4) is 0 Å². The van der Waals surface area contributed by atoms with Gasteiger partial charge in [0.15, 0.2) is 0 Å². The highest BCUT2D eigenvalue weighted by Crippen LogP contribution is 2.10. The van der Waals surface area contributed by atoms with E-state index in [0.29, 0.717) is 32.7 Å². The Morgan fingerprint density at radius 3 is 2.47 bits per heavy atom. The molecule has 0 aliphatic carbocycles. The molecule has 1 heterocycles. The maximum Gasteiger partial charge on any atom is 0.282 e. The van der Waals surface area contributed by atoms with Crippen molar-refractivity contribution < 1.29 is 13.5 Å². The van der Waals surface area contributed by atoms with Crippen molar-refractivity contribution >= 4 is 10.2 Å². The average molecular weight is 265 g/mol. The van der Waals surface area contributed by atoms with Crippen LogP contribution in [0.1, 0.15) is 19.8 Å². The van der Waals surface area contributed by atoms with E-state index in [4.69, 9.17) is 5.11 Å². The largest absolute Gasteiger partial charge is 0.395 e. The molecule has 2 N–H and O–H groups in total. The molecule has 7 heteroatoms. The minimum absolute atomic E-state index is 0.130. The molecule has 1 fully saturated rings. The van der Waals surface area contributed by atoms with Crippen molar-refractivity contribution in [2.24, 2.45) is 0 Å². The number of hydrogen-bond donors (Lipinski definition) is 2. The molecule has 0 aromatic rings. The molecule has 1 aliphatic rings. The van der Waals surface area contributed by atoms with Gasteiger partial charge in [-0.05, 0) is 6.42 Å². The van der Waals surface area contributed by atoms with E-state index in [2.05, 4.69) is 5.32 Å². The van der Waals surface area contributed by atoms with Crippen LogP contribution < -0.4 is 5.32 Å². The molecule has 0 bridgehead atoms. The van der Waals surface area contributed by atoms with Gasteiger partial charge in [-0.3, -0.25) is 0 Å². The number of unbranched alkanes of at least 4 members (excludes halogenated alkanes) is 1. The van der Waals surface area contributed by atoms with Crippen LogP contribution in [0.25, 0.3) is 0 Å². The summed E-state index contributed by atoms with van der Waals surface area (Å²) in [7, 11) is -3.39. The molecule has 0 radical (unpaired) electrons. The Kier molecular flexibility index (Phi) is 6.35. The first-order chi connectivity index (χ1) is 8.12. The normalized spacial score (nSPS) is 18.8. The molecule has 0 aromatic carbocycles. The summed E-state index contributed by atoms with van der Waals surface area (Å²) < 4.78 is 27.5. The van der Waals surface area contributed by atoms with E-state index in [9.17, 15) is 8.42 Å². The molecule has 0 amide bonds. The summed E-state index contributed by atoms with van der Waals surface area (Å²) in [6.45, 7) is 4.98. The highest BCUT2D eigenvalue weighted by Gasteiger charge is 2.29. The lowest BCUT2D eigenvalue weighted by Crippen LogP contribution is -2.52. The maximum atomic E-state index is 12.3. The van der Waals surface area contributed by atoms with Crippen molar-refractivity contribution in [3.05, 3.63) is 0 Å². The molecule has 1 rings (SSSR count). The third-order valence-electron chi connectivity index (χ3n) is 2.84. The van der Waals surface area contributed by atoms with Crippen LogP contribution >= 0.6 is 0 Å². The lowest BCUT2D eigenvalue weighted by atomic mass is 10.3. The Balaban J connectivity index is 2.67. The van der Waals surface area contributed by atoms with Crippen molar-refractivity contribution in [2.75, 3.05) is 45.9 Å². The molecule has 1 saturated heterocycles. The standard InChI is InChI=1S/C10H23N3O3S/c1-2-3-6-12(9-10-14)17(15,16)13-7-4-11-5-8-13/h11,14H,2-10H2,1H3. The fourth-order valence-corrected chi connectivity index (χ4v) is 3.47. The summed E-state index contributed by atoms with van der Waals surface area (Å²) >= 11 is 0. The Morgan fingerprint density at radius 2 is 1.94 bits per heavy atom. The van der Waals surface area contributed by atoms with Crippen LogP contribution in [0.5, 0.6) is 0 Å². The smallest absolute Gasteiger partial charge is 0.282 e. The van der Waals surface area contributed by atoms with Gasteiger partial charge in [0.1, 0.15) is 0 Å². The van der Waals surface area contributed by atoms with Gasteiger partial charge in [0.05, 0.1) is 6.61 Å². The van der Waals surface area contributed by atoms with Gasteiger partial charge < -0.3 is 10.4 Å². The summed E-state index contributed by atoms with van der Waals surface area (Å²) in [5.74, 6) is 0. The third kappa shape index (κ3) is 4.18. The summed E-state index contributed by atoms with van der Waals surface area (Å²) in [5.41, 5.74) is 0. The van der Waals surface area contributed by atoms with Crippen LogP contribution in [0.15, 0.2) is 0 Å². The zero-order chi connectivity index (χ0) is 12.7. The molecule has 17 heavy (non-hydrogen) atoms. The number of nitrogens with zero attached hydrogens (tertiary/aromatic N) is 2. The zero-order valence-corrected chi connectivity index (χ0v) is 11.2. The monoisotopic (exact) mass is 265 g/mol. The van der Waals surface area contributed by atoms with E-state index in [0.717, 1.165) is 12.8 Å². The van der Waals surface area contributed by atoms with Crippen LogP contribution in [-0.2, 0) is 10.2 Å². The Morgan fingerprint density at radius 1 is 1.29 bits per heavy atom. The molecule has 0 aromatic heterocycles. The molecule has 0 unspecified atom stereocenters. The van der Waals surface area contributed by atoms with Crippen molar-refractivity contribution in [2.45, 2.75) is 19.8 Å². The number of hydrogen-bond acceptors (Lipinski definition) is 4. The lowest BCUT2D eigenvalue weighted by molar-refractivity contribution is 0.239. The average Bonchev–Trinajstić information content (AvgIpc) is 2.35. The highest BCUT2D eigenvalue weighted by molar-refractivity contribution is 7.86. The molecule has 6 nitrogen and oxygen atoms in total. The number of piperazine rings is 1. The van der Waals surface area contributed by atoms with Gasteiger partial charge in [0, 0.05) is 39.3 Å². The molecular weight excluding hydrogens is 242 g/mol. The Labute approximate surface area is 104 Å². The van der Waals surface area contributed by atoms with Gasteiger partial charge >= 0.3 is 0 Å². The van der Waals surface area contributed by atoms with Crippen molar-refractivity contribution in [3.63, 3.8) is 0 Å². The van der Waals surface area contributed by atoms with E-state index < -0.39 is 10.2 Å². The topological polar surface area (TPSA) is 72.9 Å². The summed E-state index contributed by atoms with van der Waals surface area (Å²) in [6.07, 6.45) is 1.77. The molecule has 1 aliphatic heterocycles. The fraction of sp³-hybridized carbons (Fsp3) is 1.00. The SMILES string of the molecule is CCCCN(CCO)S(=O)(=O)N1CCNCC1. The quantitative estimate of drug-likeness (QED) is 0.634. The predicted octanol–water partition coefficient (Wildman–Crippen LogP) is -0.769. The second-order valence-electron chi connectivity index (χ2n) is 4.13. The van der Waals surface area contributed by atoms with Gasteiger partial charge in [-0.15, -0.1) is 0 Å². The highest BCUT2D eigenvalue weighted by atomic mass is 32.2. The van der Waals surface area contributed by atoms with Gasteiger partial charge in [0.25, 0.3) is 10.2 Å². The maximum absolute atomic E-state index is 12.3. The molecule has 102 valence electrons. The van der Waals surface area contributed by atoms with Crippen LogP contribution in [0.2, 0.25) is 0 Å². The van der Waals surface area contributed by atoms with Crippen LogP contribution in [-0.4, -0.2) is 68.0 Å². The Bertz CT molecular complexity index is 302. The number of nitrogens with one attached hydrogen (secondary N) is 1. The summed E-state index contributed by atoms with van der Waals surface area (Å²) in [4.78, 5) is 0. The molecule has 0 saturated carbocycles. The Hall–Kier alpha value is -0.210. The van der Waals surface area contributed by atoms with Crippen molar-refractivity contribution in [3.8, 4) is 0 Å². The van der Waals surface area contributed by atoms with E-state index in [1.807, 2.05) is 6.92 Å². The number of rotatable bonds is 7. The first-order valence-corrected chi connectivity index (χ1v) is 7.59. The van der Waals surface area contributed by atoms with E-state index in [1.54, 1.807) is 0 Å². The number of aliphatic hydroxyl groups excluding tert-OH is 1. The minimum Gasteiger partial charge on any atom is -0.395 e. The van der Waals surface area contributed by atoms with Crippen LogP contribution in [0.4, 0.5) is 0 Å². The third-order valence-corrected chi connectivity index (χ3v) is 4.87. The first kappa shape index (κ1) is 14.8. The minimum atomic E-state index is -3.39. The zero-order valence-electron chi connectivity index (χ0n) is 10.4. The molecule has 0 spiro atoms. The fourth-order valence-electron chi connectivity index (χ4n) is 1.83. The second kappa shape index (κ2) is 7.27. The van der Waals surface area contributed by atoms with Crippen molar-refractivity contribution in [1.82, 2.24) is 13.9 Å². The van der Waals surface area contributed by atoms with Gasteiger partial charge in [-0.2, -0.15) is 17.0 Å². The van der Waals surface area contributed by atoms with E-state index >= 15 is 0 Å².